The van der Waals surface area contributed by atoms with Gasteiger partial charge in [-0.05, 0) is 28.8 Å². The number of aromatic nitrogens is 1. The summed E-state index contributed by atoms with van der Waals surface area (Å²) in [5.74, 6) is -0.640. The highest BCUT2D eigenvalue weighted by Crippen LogP contribution is 2.36. The van der Waals surface area contributed by atoms with Gasteiger partial charge in [0, 0.05) is 18.7 Å². The van der Waals surface area contributed by atoms with Crippen LogP contribution in [0.5, 0.6) is 0 Å². The number of hydrogen-bond donors (Lipinski definition) is 5. The number of carbonyl (C=O) groups excluding carboxylic acids is 1. The number of H-pyrrole nitrogens is 1. The summed E-state index contributed by atoms with van der Waals surface area (Å²) < 4.78 is 39.4. The molecule has 1 aliphatic rings. The van der Waals surface area contributed by atoms with Crippen LogP contribution >= 0.6 is 0 Å². The summed E-state index contributed by atoms with van der Waals surface area (Å²) in [5.41, 5.74) is 7.77. The van der Waals surface area contributed by atoms with Gasteiger partial charge in [-0.15, -0.1) is 0 Å². The van der Waals surface area contributed by atoms with E-state index in [1.165, 1.54) is 12.1 Å². The number of halogens is 3. The topological polar surface area (TPSA) is 89.2 Å². The minimum Gasteiger partial charge on any atom is -0.394 e. The Morgan fingerprint density at radius 1 is 1.09 bits per heavy atom. The molecule has 1 fully saturated rings. The Morgan fingerprint density at radius 2 is 1.88 bits per heavy atom. The van der Waals surface area contributed by atoms with Crippen molar-refractivity contribution in [2.24, 2.45) is 0 Å². The molecule has 0 aliphatic carbocycles. The molecule has 0 radical (unpaired) electrons. The fourth-order valence-corrected chi connectivity index (χ4v) is 3.95. The Hall–Kier alpha value is -3.14. The number of carbonyl (C=O) groups is 1. The molecule has 2 unspecified atom stereocenters. The predicted molar refractivity (Wildman–Crippen MR) is 113 cm³/mol. The van der Waals surface area contributed by atoms with Gasteiger partial charge in [-0.2, -0.15) is 13.2 Å². The van der Waals surface area contributed by atoms with E-state index in [-0.39, 0.29) is 24.5 Å². The molecule has 1 amide bonds. The van der Waals surface area contributed by atoms with E-state index in [1.807, 2.05) is 30.3 Å². The Morgan fingerprint density at radius 3 is 2.59 bits per heavy atom. The van der Waals surface area contributed by atoms with E-state index in [1.54, 1.807) is 18.3 Å². The maximum absolute atomic E-state index is 13.1. The summed E-state index contributed by atoms with van der Waals surface area (Å²) in [7, 11) is 0. The maximum atomic E-state index is 13.1. The number of aliphatic hydroxyl groups is 1. The average Bonchev–Trinajstić information content (AvgIpc) is 3.47. The number of rotatable bonds is 6. The Labute approximate surface area is 182 Å². The van der Waals surface area contributed by atoms with Crippen molar-refractivity contribution in [3.63, 3.8) is 0 Å². The number of aliphatic hydroxyl groups excluding tert-OH is 1. The van der Waals surface area contributed by atoms with Gasteiger partial charge in [-0.25, -0.2) is 5.43 Å². The van der Waals surface area contributed by atoms with Gasteiger partial charge in [0.15, 0.2) is 0 Å². The largest absolute Gasteiger partial charge is 0.416 e. The molecule has 1 saturated heterocycles. The van der Waals surface area contributed by atoms with Gasteiger partial charge in [0.05, 0.1) is 24.3 Å². The van der Waals surface area contributed by atoms with Crippen molar-refractivity contribution >= 4 is 5.91 Å². The molecule has 9 heteroatoms. The molecule has 168 valence electrons. The molecule has 0 saturated carbocycles. The fraction of sp³-hybridized carbons (Fsp3) is 0.261. The van der Waals surface area contributed by atoms with E-state index in [2.05, 4.69) is 21.2 Å². The first-order valence-corrected chi connectivity index (χ1v) is 10.2. The highest BCUT2D eigenvalue weighted by molar-refractivity contribution is 5.93. The quantitative estimate of drug-likeness (QED) is 0.403. The predicted octanol–water partition coefficient (Wildman–Crippen LogP) is 3.43. The lowest BCUT2D eigenvalue weighted by Crippen LogP contribution is -2.31. The van der Waals surface area contributed by atoms with Crippen LogP contribution < -0.4 is 16.2 Å². The molecule has 2 aromatic carbocycles. The second kappa shape index (κ2) is 9.15. The molecule has 1 aliphatic heterocycles. The number of alkyl halides is 3. The number of amides is 1. The van der Waals surface area contributed by atoms with Gasteiger partial charge in [0.2, 0.25) is 0 Å². The molecule has 1 aromatic heterocycles. The summed E-state index contributed by atoms with van der Waals surface area (Å²) in [5, 5.41) is 12.5. The SMILES string of the molecule is O=C(N[C@H](CO)c1ccccc1)c1cc(C2NNCC2c2cccc(C(F)(F)F)c2)c[nH]1. The summed E-state index contributed by atoms with van der Waals surface area (Å²) in [6.07, 6.45) is -2.75. The number of nitrogens with one attached hydrogen (secondary N) is 4. The van der Waals surface area contributed by atoms with Gasteiger partial charge in [0.1, 0.15) is 5.69 Å². The van der Waals surface area contributed by atoms with Crippen LogP contribution in [0.1, 0.15) is 50.7 Å². The molecule has 6 nitrogen and oxygen atoms in total. The van der Waals surface area contributed by atoms with Crippen molar-refractivity contribution in [2.75, 3.05) is 13.2 Å². The van der Waals surface area contributed by atoms with Crippen LogP contribution in [-0.4, -0.2) is 29.1 Å². The van der Waals surface area contributed by atoms with E-state index in [9.17, 15) is 23.1 Å². The molecule has 4 rings (SSSR count). The zero-order chi connectivity index (χ0) is 22.7. The van der Waals surface area contributed by atoms with Crippen LogP contribution in [0.3, 0.4) is 0 Å². The molecular formula is C23H23F3N4O2. The Bertz CT molecular complexity index is 1070. The second-order valence-electron chi connectivity index (χ2n) is 7.70. The molecule has 0 bridgehead atoms. The number of hydrazine groups is 1. The third-order valence-corrected chi connectivity index (χ3v) is 5.62. The number of aromatic amines is 1. The van der Waals surface area contributed by atoms with Crippen LogP contribution in [0.2, 0.25) is 0 Å². The van der Waals surface area contributed by atoms with Crippen molar-refractivity contribution < 1.29 is 23.1 Å². The van der Waals surface area contributed by atoms with Crippen molar-refractivity contribution in [1.82, 2.24) is 21.2 Å². The lowest BCUT2D eigenvalue weighted by molar-refractivity contribution is -0.137. The number of benzene rings is 2. The van der Waals surface area contributed by atoms with Crippen LogP contribution in [0.4, 0.5) is 13.2 Å². The maximum Gasteiger partial charge on any atom is 0.416 e. The van der Waals surface area contributed by atoms with Crippen molar-refractivity contribution in [3.05, 3.63) is 94.8 Å². The molecule has 0 spiro atoms. The van der Waals surface area contributed by atoms with Crippen LogP contribution in [0.25, 0.3) is 0 Å². The number of hydrogen-bond acceptors (Lipinski definition) is 4. The zero-order valence-corrected chi connectivity index (χ0v) is 17.0. The highest BCUT2D eigenvalue weighted by Gasteiger charge is 2.34. The van der Waals surface area contributed by atoms with E-state index < -0.39 is 17.8 Å². The van der Waals surface area contributed by atoms with Gasteiger partial charge in [-0.3, -0.25) is 10.2 Å². The molecule has 5 N–H and O–H groups in total. The normalized spacial score (nSPS) is 19.6. The minimum absolute atomic E-state index is 0.251. The molecule has 2 heterocycles. The first-order chi connectivity index (χ1) is 15.4. The van der Waals surface area contributed by atoms with Gasteiger partial charge >= 0.3 is 6.18 Å². The lowest BCUT2D eigenvalue weighted by atomic mass is 9.89. The Balaban J connectivity index is 1.51. The van der Waals surface area contributed by atoms with Crippen LogP contribution in [-0.2, 0) is 6.18 Å². The standard InChI is InChI=1S/C23H23F3N4O2/c24-23(25,26)17-8-4-7-15(9-17)18-12-28-30-21(18)16-10-19(27-11-16)22(32)29-20(13-31)14-5-2-1-3-6-14/h1-11,18,20-21,27-28,30-31H,12-13H2,(H,29,32)/t18?,20-,21?/m1/s1. The monoisotopic (exact) mass is 444 g/mol. The molecule has 3 aromatic rings. The van der Waals surface area contributed by atoms with Crippen molar-refractivity contribution in [2.45, 2.75) is 24.2 Å². The second-order valence-corrected chi connectivity index (χ2v) is 7.70. The third-order valence-electron chi connectivity index (χ3n) is 5.62. The Kier molecular flexibility index (Phi) is 6.31. The van der Waals surface area contributed by atoms with Crippen molar-refractivity contribution in [1.29, 1.82) is 0 Å². The van der Waals surface area contributed by atoms with Crippen LogP contribution in [0.15, 0.2) is 66.9 Å². The highest BCUT2D eigenvalue weighted by atomic mass is 19.4. The van der Waals surface area contributed by atoms with E-state index in [0.29, 0.717) is 17.8 Å². The molecule has 32 heavy (non-hydrogen) atoms. The van der Waals surface area contributed by atoms with E-state index in [4.69, 9.17) is 0 Å². The zero-order valence-electron chi connectivity index (χ0n) is 17.0. The lowest BCUT2D eigenvalue weighted by Gasteiger charge is -2.19. The summed E-state index contributed by atoms with van der Waals surface area (Å²) in [6, 6.07) is 15.2. The van der Waals surface area contributed by atoms with Gasteiger partial charge < -0.3 is 15.4 Å². The molecule has 3 atom stereocenters. The first kappa shape index (κ1) is 22.1. The van der Waals surface area contributed by atoms with Gasteiger partial charge in [0.25, 0.3) is 5.91 Å². The van der Waals surface area contributed by atoms with Crippen LogP contribution in [0, 0.1) is 0 Å². The van der Waals surface area contributed by atoms with Gasteiger partial charge in [-0.1, -0.05) is 48.5 Å². The first-order valence-electron chi connectivity index (χ1n) is 10.2. The molecular weight excluding hydrogens is 421 g/mol. The average molecular weight is 444 g/mol. The van der Waals surface area contributed by atoms with E-state index >= 15 is 0 Å². The van der Waals surface area contributed by atoms with E-state index in [0.717, 1.165) is 17.2 Å². The minimum atomic E-state index is -4.41. The summed E-state index contributed by atoms with van der Waals surface area (Å²) in [4.78, 5) is 15.6. The fourth-order valence-electron chi connectivity index (χ4n) is 3.95. The smallest absolute Gasteiger partial charge is 0.394 e. The third kappa shape index (κ3) is 4.69. The van der Waals surface area contributed by atoms with Crippen molar-refractivity contribution in [3.8, 4) is 0 Å². The summed E-state index contributed by atoms with van der Waals surface area (Å²) in [6.45, 7) is 0.189. The summed E-state index contributed by atoms with van der Waals surface area (Å²) >= 11 is 0.